The molecule has 3 heterocycles. The Hall–Kier alpha value is -2.88. The van der Waals surface area contributed by atoms with E-state index in [2.05, 4.69) is 29.1 Å². The van der Waals surface area contributed by atoms with Crippen LogP contribution in [0.1, 0.15) is 23.1 Å². The van der Waals surface area contributed by atoms with Crippen LogP contribution in [0.15, 0.2) is 73.8 Å². The van der Waals surface area contributed by atoms with E-state index < -0.39 is 28.7 Å². The molecule has 0 aromatic heterocycles. The summed E-state index contributed by atoms with van der Waals surface area (Å²) in [6, 6.07) is 14.1. The number of carbonyl (C=O) groups excluding carboxylic acids is 3. The maximum absolute atomic E-state index is 15.1. The summed E-state index contributed by atoms with van der Waals surface area (Å²) >= 11 is 5.46. The van der Waals surface area contributed by atoms with Crippen molar-refractivity contribution in [3.8, 4) is 0 Å². The summed E-state index contributed by atoms with van der Waals surface area (Å²) in [5, 5.41) is 10.6. The van der Waals surface area contributed by atoms with Gasteiger partial charge in [-0.2, -0.15) is 0 Å². The van der Waals surface area contributed by atoms with Gasteiger partial charge in [0.25, 0.3) is 5.91 Å². The third-order valence-electron chi connectivity index (χ3n) is 9.23. The lowest BCUT2D eigenvalue weighted by molar-refractivity contribution is -0.144. The first-order chi connectivity index (χ1) is 20.6. The number of hydrogen-bond acceptors (Lipinski definition) is 5. The molecule has 3 saturated heterocycles. The highest BCUT2D eigenvalue weighted by Gasteiger charge is 2.76. The Labute approximate surface area is 267 Å². The van der Waals surface area contributed by atoms with Crippen LogP contribution in [0.25, 0.3) is 0 Å². The monoisotopic (exact) mass is 665 g/mol. The predicted molar refractivity (Wildman–Crippen MR) is 176 cm³/mol. The second kappa shape index (κ2) is 12.6. The molecule has 7 nitrogen and oxygen atoms in total. The zero-order valence-corrected chi connectivity index (χ0v) is 27.4. The first-order valence-electron chi connectivity index (χ1n) is 14.7. The van der Waals surface area contributed by atoms with Crippen LogP contribution in [-0.2, 0) is 20.8 Å². The molecule has 3 aliphatic heterocycles. The van der Waals surface area contributed by atoms with Crippen LogP contribution in [0.4, 0.5) is 5.69 Å². The van der Waals surface area contributed by atoms with Crippen LogP contribution in [0.3, 0.4) is 0 Å². The lowest BCUT2D eigenvalue weighted by Crippen LogP contribution is -2.58. The maximum atomic E-state index is 15.1. The summed E-state index contributed by atoms with van der Waals surface area (Å²) in [4.78, 5) is 48.7. The Kier molecular flexibility index (Phi) is 9.26. The third-order valence-corrected chi connectivity index (χ3v) is 12.5. The molecule has 3 unspecified atom stereocenters. The van der Waals surface area contributed by atoms with E-state index in [1.165, 1.54) is 0 Å². The number of amides is 3. The van der Waals surface area contributed by atoms with E-state index in [1.807, 2.05) is 62.4 Å². The van der Waals surface area contributed by atoms with E-state index in [0.717, 1.165) is 22.4 Å². The van der Waals surface area contributed by atoms with Gasteiger partial charge in [0.2, 0.25) is 11.8 Å². The van der Waals surface area contributed by atoms with Crippen molar-refractivity contribution in [1.82, 2.24) is 9.80 Å². The van der Waals surface area contributed by atoms with Crippen molar-refractivity contribution in [2.45, 2.75) is 53.6 Å². The molecule has 2 aromatic carbocycles. The first kappa shape index (κ1) is 31.5. The van der Waals surface area contributed by atoms with Crippen LogP contribution in [0.5, 0.6) is 0 Å². The van der Waals surface area contributed by atoms with Gasteiger partial charge in [-0.25, -0.2) is 0 Å². The number of thioether (sulfide) groups is 1. The van der Waals surface area contributed by atoms with Crippen LogP contribution in [-0.4, -0.2) is 86.3 Å². The van der Waals surface area contributed by atoms with Crippen LogP contribution in [0, 0.1) is 25.7 Å². The molecule has 1 spiro atoms. The second-order valence-electron chi connectivity index (χ2n) is 11.9. The Morgan fingerprint density at radius 3 is 2.35 bits per heavy atom. The average Bonchev–Trinajstić information content (AvgIpc) is 3.58. The Morgan fingerprint density at radius 1 is 1.09 bits per heavy atom. The van der Waals surface area contributed by atoms with E-state index in [1.54, 1.807) is 45.7 Å². The number of para-hydroxylation sites is 1. The normalized spacial score (nSPS) is 28.0. The molecule has 1 N–H and O–H groups in total. The number of aryl methyl sites for hydroxylation is 2. The molecule has 2 aromatic rings. The lowest BCUT2D eigenvalue weighted by Gasteiger charge is -2.40. The smallest absolute Gasteiger partial charge is 0.251 e. The topological polar surface area (TPSA) is 81.2 Å². The van der Waals surface area contributed by atoms with E-state index >= 15 is 4.79 Å². The van der Waals surface area contributed by atoms with Gasteiger partial charge in [-0.15, -0.1) is 24.9 Å². The minimum atomic E-state index is -0.873. The van der Waals surface area contributed by atoms with Gasteiger partial charge in [0.05, 0.1) is 29.2 Å². The van der Waals surface area contributed by atoms with Crippen molar-refractivity contribution >= 4 is 51.1 Å². The van der Waals surface area contributed by atoms with E-state index in [9.17, 15) is 14.7 Å². The predicted octanol–water partition coefficient (Wildman–Crippen LogP) is 4.54. The fourth-order valence-electron chi connectivity index (χ4n) is 7.50. The number of likely N-dealkylation sites (N-methyl/N-ethyl adjacent to an activating group) is 1. The SMILES string of the molecule is C=CCN(C)C(=O)[C@H]1[C@@H]2SC3(CC2Br)C(C(=O)N(CC=C)c2c(C)cccc2C)N([C@@H](CO)Cc2ccccc2)C(=O)[C@H]13. The number of carbonyl (C=O) groups is 3. The minimum absolute atomic E-state index is 0.0439. The average molecular weight is 667 g/mol. The minimum Gasteiger partial charge on any atom is -0.394 e. The first-order valence-corrected chi connectivity index (χ1v) is 16.5. The summed E-state index contributed by atoms with van der Waals surface area (Å²) in [7, 11) is 1.73. The number of nitrogens with zero attached hydrogens (tertiary/aromatic N) is 3. The van der Waals surface area contributed by atoms with Gasteiger partial charge >= 0.3 is 0 Å². The number of benzene rings is 2. The van der Waals surface area contributed by atoms with Gasteiger partial charge in [0.15, 0.2) is 0 Å². The second-order valence-corrected chi connectivity index (χ2v) is 14.6. The van der Waals surface area contributed by atoms with Crippen LogP contribution >= 0.6 is 27.7 Å². The molecule has 9 heteroatoms. The van der Waals surface area contributed by atoms with Gasteiger partial charge in [-0.1, -0.05) is 76.6 Å². The number of aliphatic hydroxyl groups is 1. The summed E-state index contributed by atoms with van der Waals surface area (Å²) in [5.74, 6) is -1.83. The van der Waals surface area contributed by atoms with Crippen molar-refractivity contribution in [3.05, 3.63) is 90.5 Å². The Morgan fingerprint density at radius 2 is 1.74 bits per heavy atom. The Balaban J connectivity index is 1.66. The number of fused-ring (bicyclic) bond motifs is 1. The number of halogens is 1. The zero-order chi connectivity index (χ0) is 31.1. The van der Waals surface area contributed by atoms with Gasteiger partial charge in [-0.3, -0.25) is 14.4 Å². The number of likely N-dealkylation sites (tertiary alicyclic amines) is 1. The standard InChI is InChI=1S/C34H40BrN3O4S/c1-6-16-36(5)31(40)26-27-32(41)38(24(20-39)18-23-14-9-8-10-15-23)30(34(27)19-25(35)29(26)43-34)33(42)37(17-7-2)28-21(3)12-11-13-22(28)4/h6-15,24-27,29-30,39H,1-2,16-20H2,3-5H3/t24-,25?,26-,27+,29-,30?,34?/m1/s1. The molecule has 3 fully saturated rings. The number of alkyl halides is 1. The van der Waals surface area contributed by atoms with Crippen molar-refractivity contribution in [2.75, 3.05) is 31.6 Å². The molecule has 43 heavy (non-hydrogen) atoms. The molecule has 0 aliphatic carbocycles. The molecule has 228 valence electrons. The molecule has 0 saturated carbocycles. The summed E-state index contributed by atoms with van der Waals surface area (Å²) in [6.45, 7) is 12.0. The molecule has 3 aliphatic rings. The molecule has 3 amide bonds. The van der Waals surface area contributed by atoms with Gasteiger partial charge in [0, 0.05) is 35.9 Å². The van der Waals surface area contributed by atoms with Crippen molar-refractivity contribution in [3.63, 3.8) is 0 Å². The third kappa shape index (κ3) is 5.27. The Bertz CT molecular complexity index is 1400. The molecular formula is C34H40BrN3O4S. The molecular weight excluding hydrogens is 626 g/mol. The van der Waals surface area contributed by atoms with E-state index in [4.69, 9.17) is 0 Å². The van der Waals surface area contributed by atoms with Gasteiger partial charge in [-0.05, 0) is 43.4 Å². The number of rotatable bonds is 11. The van der Waals surface area contributed by atoms with Crippen molar-refractivity contribution in [1.29, 1.82) is 0 Å². The highest BCUT2D eigenvalue weighted by molar-refractivity contribution is 9.09. The van der Waals surface area contributed by atoms with Gasteiger partial charge in [0.1, 0.15) is 6.04 Å². The van der Waals surface area contributed by atoms with E-state index in [0.29, 0.717) is 19.4 Å². The summed E-state index contributed by atoms with van der Waals surface area (Å²) in [6.07, 6.45) is 4.34. The largest absolute Gasteiger partial charge is 0.394 e. The highest BCUT2D eigenvalue weighted by atomic mass is 79.9. The fraction of sp³-hybridized carbons (Fsp3) is 0.441. The number of aliphatic hydroxyl groups excluding tert-OH is 1. The number of anilines is 1. The summed E-state index contributed by atoms with van der Waals surface area (Å²) < 4.78 is -0.831. The number of hydrogen-bond donors (Lipinski definition) is 1. The van der Waals surface area contributed by atoms with E-state index in [-0.39, 0.29) is 41.0 Å². The lowest BCUT2D eigenvalue weighted by atomic mass is 9.70. The van der Waals surface area contributed by atoms with Gasteiger partial charge < -0.3 is 19.8 Å². The highest BCUT2D eigenvalue weighted by Crippen LogP contribution is 2.68. The molecule has 2 bridgehead atoms. The zero-order valence-electron chi connectivity index (χ0n) is 25.0. The van der Waals surface area contributed by atoms with Crippen molar-refractivity contribution < 1.29 is 19.5 Å². The molecule has 7 atom stereocenters. The maximum Gasteiger partial charge on any atom is 0.251 e. The molecule has 0 radical (unpaired) electrons. The summed E-state index contributed by atoms with van der Waals surface area (Å²) in [5.41, 5.74) is 3.66. The quantitative estimate of drug-likeness (QED) is 0.282. The van der Waals surface area contributed by atoms with Crippen molar-refractivity contribution in [2.24, 2.45) is 11.8 Å². The van der Waals surface area contributed by atoms with Crippen LogP contribution < -0.4 is 4.90 Å². The molecule has 5 rings (SSSR count). The fourth-order valence-corrected chi connectivity index (χ4v) is 11.1. The van der Waals surface area contributed by atoms with Crippen LogP contribution in [0.2, 0.25) is 0 Å².